The molecule has 1 fully saturated rings. The Morgan fingerprint density at radius 1 is 1.53 bits per heavy atom. The molecule has 2 rings (SSSR count). The fourth-order valence-corrected chi connectivity index (χ4v) is 3.51. The molecule has 0 aliphatic carbocycles. The van der Waals surface area contributed by atoms with Crippen LogP contribution in [0.1, 0.15) is 32.5 Å². The lowest BCUT2D eigenvalue weighted by Crippen LogP contribution is -2.25. The molecule has 0 saturated carbocycles. The predicted octanol–water partition coefficient (Wildman–Crippen LogP) is 2.78. The molecular weight excluding hydrogens is 230 g/mol. The smallest absolute Gasteiger partial charge is 0.225 e. The molecule has 5 heteroatoms. The van der Waals surface area contributed by atoms with E-state index in [1.165, 1.54) is 18.6 Å². The third-order valence-corrected chi connectivity index (χ3v) is 4.69. The lowest BCUT2D eigenvalue weighted by atomic mass is 10.1. The van der Waals surface area contributed by atoms with Gasteiger partial charge in [0.15, 0.2) is 0 Å². The van der Waals surface area contributed by atoms with Crippen molar-refractivity contribution < 1.29 is 0 Å². The maximum atomic E-state index is 6.04. The largest absolute Gasteiger partial charge is 0.300 e. The van der Waals surface area contributed by atoms with Crippen LogP contribution in [0.4, 0.5) is 0 Å². The van der Waals surface area contributed by atoms with Gasteiger partial charge in [-0.2, -0.15) is 11.8 Å². The Labute approximate surface area is 99.6 Å². The van der Waals surface area contributed by atoms with Gasteiger partial charge in [-0.05, 0) is 37.1 Å². The van der Waals surface area contributed by atoms with Crippen molar-refractivity contribution in [2.24, 2.45) is 0 Å². The van der Waals surface area contributed by atoms with Gasteiger partial charge in [0.2, 0.25) is 5.28 Å². The van der Waals surface area contributed by atoms with Crippen molar-refractivity contribution in [2.45, 2.75) is 44.4 Å². The quantitative estimate of drug-likeness (QED) is 0.821. The van der Waals surface area contributed by atoms with Crippen LogP contribution in [0.3, 0.4) is 0 Å². The maximum Gasteiger partial charge on any atom is 0.225 e. The summed E-state index contributed by atoms with van der Waals surface area (Å²) in [5.41, 5.74) is 0. The molecule has 0 radical (unpaired) electrons. The summed E-state index contributed by atoms with van der Waals surface area (Å²) in [7, 11) is 0. The zero-order valence-electron chi connectivity index (χ0n) is 9.16. The molecule has 1 aromatic heterocycles. The van der Waals surface area contributed by atoms with E-state index in [4.69, 9.17) is 11.6 Å². The average molecular weight is 246 g/mol. The van der Waals surface area contributed by atoms with Gasteiger partial charge in [-0.3, -0.25) is 0 Å². The number of aryl methyl sites for hydroxylation is 1. The topological polar surface area (TPSA) is 30.7 Å². The van der Waals surface area contributed by atoms with Gasteiger partial charge in [0.05, 0.1) is 0 Å². The highest BCUT2D eigenvalue weighted by Gasteiger charge is 2.31. The number of aromatic nitrogens is 3. The molecule has 1 aromatic rings. The van der Waals surface area contributed by atoms with Gasteiger partial charge >= 0.3 is 0 Å². The maximum absolute atomic E-state index is 6.04. The van der Waals surface area contributed by atoms with E-state index < -0.39 is 0 Å². The van der Waals surface area contributed by atoms with Crippen LogP contribution < -0.4 is 0 Å². The summed E-state index contributed by atoms with van der Waals surface area (Å²) in [6, 6.07) is 0. The number of thioether (sulfide) groups is 1. The van der Waals surface area contributed by atoms with Crippen LogP contribution in [-0.4, -0.2) is 25.3 Å². The molecule has 0 spiro atoms. The van der Waals surface area contributed by atoms with E-state index in [9.17, 15) is 0 Å². The second-order valence-corrected chi connectivity index (χ2v) is 6.25. The minimum atomic E-state index is 0.315. The highest BCUT2D eigenvalue weighted by atomic mass is 35.5. The van der Waals surface area contributed by atoms with Crippen molar-refractivity contribution in [3.63, 3.8) is 0 Å². The first kappa shape index (κ1) is 11.3. The van der Waals surface area contributed by atoms with Crippen molar-refractivity contribution >= 4 is 23.4 Å². The van der Waals surface area contributed by atoms with Crippen LogP contribution in [0.2, 0.25) is 5.28 Å². The Kier molecular flexibility index (Phi) is 3.26. The van der Waals surface area contributed by atoms with Gasteiger partial charge in [0, 0.05) is 17.7 Å². The number of hydrogen-bond acceptors (Lipinski definition) is 3. The summed E-state index contributed by atoms with van der Waals surface area (Å²) in [6.45, 7) is 5.33. The highest BCUT2D eigenvalue weighted by molar-refractivity contribution is 8.00. The van der Waals surface area contributed by atoms with E-state index in [2.05, 4.69) is 28.6 Å². The van der Waals surface area contributed by atoms with Crippen molar-refractivity contribution in [1.82, 2.24) is 14.8 Å². The first-order chi connectivity index (χ1) is 7.14. The Morgan fingerprint density at radius 2 is 2.33 bits per heavy atom. The molecule has 1 atom stereocenters. The van der Waals surface area contributed by atoms with E-state index in [1.807, 2.05) is 11.8 Å². The molecule has 1 unspecified atom stereocenters. The molecular formula is C10H16ClN3S. The average Bonchev–Trinajstić information content (AvgIpc) is 2.76. The molecule has 0 aromatic carbocycles. The van der Waals surface area contributed by atoms with E-state index in [1.54, 1.807) is 0 Å². The number of halogens is 1. The molecule has 2 heterocycles. The van der Waals surface area contributed by atoms with E-state index in [-0.39, 0.29) is 0 Å². The van der Waals surface area contributed by atoms with Crippen molar-refractivity contribution in [3.05, 3.63) is 11.1 Å². The summed E-state index contributed by atoms with van der Waals surface area (Å²) in [6.07, 6.45) is 3.46. The number of hydrogen-bond donors (Lipinski definition) is 0. The number of rotatable bonds is 3. The van der Waals surface area contributed by atoms with E-state index in [0.717, 1.165) is 18.8 Å². The summed E-state index contributed by atoms with van der Waals surface area (Å²) in [4.78, 5) is 0. The molecule has 84 valence electrons. The lowest BCUT2D eigenvalue weighted by Gasteiger charge is -2.23. The fourth-order valence-electron chi connectivity index (χ4n) is 2.03. The molecule has 3 nitrogen and oxygen atoms in total. The van der Waals surface area contributed by atoms with Crippen molar-refractivity contribution in [1.29, 1.82) is 0 Å². The fraction of sp³-hybridized carbons (Fsp3) is 0.800. The molecule has 1 aliphatic rings. The standard InChI is InChI=1S/C10H16ClN3S/c1-3-8-12-13-9(11)14(8)7-10(2)5-4-6-15-10/h3-7H2,1-2H3. The second kappa shape index (κ2) is 4.34. The summed E-state index contributed by atoms with van der Waals surface area (Å²) < 4.78 is 2.37. The van der Waals surface area contributed by atoms with Crippen LogP contribution in [0.15, 0.2) is 0 Å². The Hall–Kier alpha value is -0.220. The molecule has 1 aliphatic heterocycles. The van der Waals surface area contributed by atoms with Gasteiger partial charge in [-0.1, -0.05) is 6.92 Å². The van der Waals surface area contributed by atoms with Gasteiger partial charge in [0.25, 0.3) is 0 Å². The van der Waals surface area contributed by atoms with Crippen LogP contribution in [0, 0.1) is 0 Å². The SMILES string of the molecule is CCc1nnc(Cl)n1CC1(C)CCCS1. The molecule has 0 N–H and O–H groups in total. The van der Waals surface area contributed by atoms with Gasteiger partial charge in [0.1, 0.15) is 5.82 Å². The van der Waals surface area contributed by atoms with Crippen molar-refractivity contribution in [3.8, 4) is 0 Å². The van der Waals surface area contributed by atoms with Gasteiger partial charge in [-0.25, -0.2) is 0 Å². The van der Waals surface area contributed by atoms with Gasteiger partial charge < -0.3 is 4.57 Å². The third-order valence-electron chi connectivity index (χ3n) is 2.89. The summed E-state index contributed by atoms with van der Waals surface area (Å²) >= 11 is 8.08. The highest BCUT2D eigenvalue weighted by Crippen LogP contribution is 2.39. The minimum Gasteiger partial charge on any atom is -0.300 e. The lowest BCUT2D eigenvalue weighted by molar-refractivity contribution is 0.498. The zero-order chi connectivity index (χ0) is 10.9. The normalized spacial score (nSPS) is 26.1. The van der Waals surface area contributed by atoms with Crippen LogP contribution in [0.5, 0.6) is 0 Å². The first-order valence-corrected chi connectivity index (χ1v) is 6.72. The Balaban J connectivity index is 2.18. The zero-order valence-corrected chi connectivity index (χ0v) is 10.7. The minimum absolute atomic E-state index is 0.315. The predicted molar refractivity (Wildman–Crippen MR) is 64.5 cm³/mol. The second-order valence-electron chi connectivity index (χ2n) is 4.23. The summed E-state index contributed by atoms with van der Waals surface area (Å²) in [5.74, 6) is 2.26. The summed E-state index contributed by atoms with van der Waals surface area (Å²) in [5, 5.41) is 8.54. The Morgan fingerprint density at radius 3 is 2.93 bits per heavy atom. The third kappa shape index (κ3) is 2.31. The molecule has 0 bridgehead atoms. The van der Waals surface area contributed by atoms with Crippen molar-refractivity contribution in [2.75, 3.05) is 5.75 Å². The van der Waals surface area contributed by atoms with Crippen LogP contribution in [0.25, 0.3) is 0 Å². The monoisotopic (exact) mass is 245 g/mol. The van der Waals surface area contributed by atoms with E-state index in [0.29, 0.717) is 10.0 Å². The van der Waals surface area contributed by atoms with Gasteiger partial charge in [-0.15, -0.1) is 10.2 Å². The molecule has 15 heavy (non-hydrogen) atoms. The Bertz CT molecular complexity index is 344. The number of nitrogens with zero attached hydrogens (tertiary/aromatic N) is 3. The first-order valence-electron chi connectivity index (χ1n) is 5.36. The van der Waals surface area contributed by atoms with Crippen LogP contribution in [-0.2, 0) is 13.0 Å². The molecule has 1 saturated heterocycles. The van der Waals surface area contributed by atoms with Crippen LogP contribution >= 0.6 is 23.4 Å². The molecule has 0 amide bonds. The van der Waals surface area contributed by atoms with E-state index >= 15 is 0 Å².